The smallest absolute Gasteiger partial charge is 0.306 e. The van der Waals surface area contributed by atoms with Gasteiger partial charge >= 0.3 is 11.9 Å². The Hall–Kier alpha value is -1.76. The number of ether oxygens (including phenoxy) is 6. The standard InChI is InChI=1S/C50H92O15/c1-3-5-7-9-11-13-15-17-19-21-22-24-26-28-30-32-41(52)60-35-38(63-42(53)33-31-29-27-25-23-20-18-16-14-12-10-8-6-4-2)36-61-49-48(59)46(57)44(55)40(65-49)37-62-50-47(58)45(56)43(54)39(34-51)64-50/h22,24,38-40,43-51,54-59H,3-21,23,25-37H2,1-2H3/b24-22+/t38-,39-,40-,43+,44+,45?,46?,47?,48?,49-,50-/m1/s1. The summed E-state index contributed by atoms with van der Waals surface area (Å²) in [4.78, 5) is 25.7. The Bertz CT molecular complexity index is 1190. The molecule has 382 valence electrons. The van der Waals surface area contributed by atoms with E-state index in [2.05, 4.69) is 26.0 Å². The Morgan fingerprint density at radius 1 is 0.477 bits per heavy atom. The van der Waals surface area contributed by atoms with Crippen molar-refractivity contribution >= 4 is 11.9 Å². The zero-order chi connectivity index (χ0) is 47.5. The maximum absolute atomic E-state index is 13.0. The second kappa shape index (κ2) is 38.1. The number of hydrogen-bond donors (Lipinski definition) is 7. The number of rotatable bonds is 40. The summed E-state index contributed by atoms with van der Waals surface area (Å²) < 4.78 is 33.5. The largest absolute Gasteiger partial charge is 0.462 e. The molecular weight excluding hydrogens is 841 g/mol. The first kappa shape index (κ1) is 59.4. The van der Waals surface area contributed by atoms with Gasteiger partial charge in [-0.1, -0.05) is 161 Å². The van der Waals surface area contributed by atoms with Gasteiger partial charge in [-0.15, -0.1) is 0 Å². The van der Waals surface area contributed by atoms with Gasteiger partial charge in [-0.25, -0.2) is 0 Å². The molecule has 0 aromatic rings. The van der Waals surface area contributed by atoms with Crippen molar-refractivity contribution < 1.29 is 73.8 Å². The molecule has 11 atom stereocenters. The van der Waals surface area contributed by atoms with Crippen molar-refractivity contribution in [2.75, 3.05) is 26.4 Å². The molecule has 15 nitrogen and oxygen atoms in total. The van der Waals surface area contributed by atoms with E-state index in [4.69, 9.17) is 28.4 Å². The van der Waals surface area contributed by atoms with Crippen molar-refractivity contribution in [2.24, 2.45) is 0 Å². The second-order valence-electron chi connectivity index (χ2n) is 18.4. The lowest BCUT2D eigenvalue weighted by atomic mass is 9.98. The molecular formula is C50H92O15. The van der Waals surface area contributed by atoms with E-state index in [9.17, 15) is 45.3 Å². The molecule has 4 unspecified atom stereocenters. The van der Waals surface area contributed by atoms with Gasteiger partial charge in [0.05, 0.1) is 19.8 Å². The molecule has 0 amide bonds. The third-order valence-corrected chi connectivity index (χ3v) is 12.5. The monoisotopic (exact) mass is 933 g/mol. The summed E-state index contributed by atoms with van der Waals surface area (Å²) in [6, 6.07) is 0. The van der Waals surface area contributed by atoms with Gasteiger partial charge in [-0.3, -0.25) is 9.59 Å². The van der Waals surface area contributed by atoms with Gasteiger partial charge in [0.2, 0.25) is 0 Å². The zero-order valence-electron chi connectivity index (χ0n) is 40.2. The summed E-state index contributed by atoms with van der Waals surface area (Å²) in [6.07, 6.45) is 19.6. The van der Waals surface area contributed by atoms with Crippen LogP contribution in [0.2, 0.25) is 0 Å². The quantitative estimate of drug-likeness (QED) is 0.0187. The highest BCUT2D eigenvalue weighted by Gasteiger charge is 2.47. The van der Waals surface area contributed by atoms with Gasteiger partial charge in [0, 0.05) is 12.8 Å². The van der Waals surface area contributed by atoms with Gasteiger partial charge in [0.25, 0.3) is 0 Å². The first-order valence-corrected chi connectivity index (χ1v) is 25.8. The summed E-state index contributed by atoms with van der Waals surface area (Å²) in [5, 5.41) is 72.0. The molecule has 2 aliphatic rings. The lowest BCUT2D eigenvalue weighted by Crippen LogP contribution is -2.61. The van der Waals surface area contributed by atoms with E-state index in [1.54, 1.807) is 0 Å². The maximum atomic E-state index is 13.0. The van der Waals surface area contributed by atoms with Crippen LogP contribution in [0.25, 0.3) is 0 Å². The Morgan fingerprint density at radius 2 is 0.877 bits per heavy atom. The fourth-order valence-corrected chi connectivity index (χ4v) is 8.21. The van der Waals surface area contributed by atoms with Crippen molar-refractivity contribution in [3.8, 4) is 0 Å². The van der Waals surface area contributed by atoms with Gasteiger partial charge in [0.15, 0.2) is 18.7 Å². The number of carbonyl (C=O) groups excluding carboxylic acids is 2. The van der Waals surface area contributed by atoms with Crippen LogP contribution in [0, 0.1) is 0 Å². The van der Waals surface area contributed by atoms with Gasteiger partial charge in [-0.2, -0.15) is 0 Å². The molecule has 2 rings (SSSR count). The summed E-state index contributed by atoms with van der Waals surface area (Å²) in [6.45, 7) is 2.58. The Labute approximate surface area is 390 Å². The highest BCUT2D eigenvalue weighted by Crippen LogP contribution is 2.26. The number of allylic oxidation sites excluding steroid dienone is 2. The van der Waals surface area contributed by atoms with E-state index < -0.39 is 92.7 Å². The minimum atomic E-state index is -1.76. The van der Waals surface area contributed by atoms with E-state index in [0.717, 1.165) is 38.5 Å². The predicted molar refractivity (Wildman–Crippen MR) is 248 cm³/mol. The van der Waals surface area contributed by atoms with Crippen LogP contribution in [-0.4, -0.2) is 142 Å². The lowest BCUT2D eigenvalue weighted by Gasteiger charge is -2.42. The molecule has 2 aliphatic heterocycles. The van der Waals surface area contributed by atoms with Crippen molar-refractivity contribution in [2.45, 2.75) is 268 Å². The van der Waals surface area contributed by atoms with Crippen LogP contribution in [0.1, 0.15) is 200 Å². The van der Waals surface area contributed by atoms with Gasteiger partial charge in [0.1, 0.15) is 55.4 Å². The Morgan fingerprint density at radius 3 is 1.38 bits per heavy atom. The molecule has 0 aliphatic carbocycles. The molecule has 0 saturated carbocycles. The topological polar surface area (TPSA) is 231 Å². The minimum absolute atomic E-state index is 0.167. The molecule has 0 spiro atoms. The van der Waals surface area contributed by atoms with E-state index in [1.165, 1.54) is 122 Å². The summed E-state index contributed by atoms with van der Waals surface area (Å²) in [5.74, 6) is -0.941. The molecule has 2 fully saturated rings. The number of esters is 2. The van der Waals surface area contributed by atoms with Crippen molar-refractivity contribution in [3.63, 3.8) is 0 Å². The maximum Gasteiger partial charge on any atom is 0.306 e. The fraction of sp³-hybridized carbons (Fsp3) is 0.920. The van der Waals surface area contributed by atoms with Crippen LogP contribution in [-0.2, 0) is 38.0 Å². The number of aliphatic hydroxyl groups is 7. The first-order valence-electron chi connectivity index (χ1n) is 25.8. The van der Waals surface area contributed by atoms with Crippen molar-refractivity contribution in [3.05, 3.63) is 12.2 Å². The summed E-state index contributed by atoms with van der Waals surface area (Å²) >= 11 is 0. The first-order chi connectivity index (χ1) is 31.5. The Kier molecular flexibility index (Phi) is 34.8. The van der Waals surface area contributed by atoms with Crippen LogP contribution in [0.4, 0.5) is 0 Å². The molecule has 0 aromatic carbocycles. The minimum Gasteiger partial charge on any atom is -0.462 e. The SMILES string of the molecule is CCCCCCCCCCC/C=C/CCCCC(=O)OC[C@H](CO[C@@H]1O[C@H](CO[C@@H]2O[C@H](CO)[C@H](O)C(O)C2O)[C@H](O)C(O)C1O)OC(=O)CCCCCCCCCCCCCCCC. The average molecular weight is 933 g/mol. The molecule has 15 heteroatoms. The number of aliphatic hydroxyl groups excluding tert-OH is 7. The summed E-state index contributed by atoms with van der Waals surface area (Å²) in [5.41, 5.74) is 0. The Balaban J connectivity index is 1.82. The third kappa shape index (κ3) is 26.5. The van der Waals surface area contributed by atoms with Gasteiger partial charge in [-0.05, 0) is 38.5 Å². The van der Waals surface area contributed by atoms with Crippen LogP contribution < -0.4 is 0 Å². The second-order valence-corrected chi connectivity index (χ2v) is 18.4. The van der Waals surface area contributed by atoms with E-state index in [0.29, 0.717) is 12.8 Å². The van der Waals surface area contributed by atoms with Crippen molar-refractivity contribution in [1.82, 2.24) is 0 Å². The predicted octanol–water partition coefficient (Wildman–Crippen LogP) is 6.99. The molecule has 0 bridgehead atoms. The zero-order valence-corrected chi connectivity index (χ0v) is 40.2. The molecule has 0 aromatic heterocycles. The van der Waals surface area contributed by atoms with Crippen LogP contribution in [0.3, 0.4) is 0 Å². The average Bonchev–Trinajstić information content (AvgIpc) is 3.30. The molecule has 65 heavy (non-hydrogen) atoms. The lowest BCUT2D eigenvalue weighted by molar-refractivity contribution is -0.332. The van der Waals surface area contributed by atoms with Crippen LogP contribution >= 0.6 is 0 Å². The van der Waals surface area contributed by atoms with E-state index >= 15 is 0 Å². The van der Waals surface area contributed by atoms with Crippen molar-refractivity contribution in [1.29, 1.82) is 0 Å². The highest BCUT2D eigenvalue weighted by atomic mass is 16.7. The number of hydrogen-bond acceptors (Lipinski definition) is 15. The highest BCUT2D eigenvalue weighted by molar-refractivity contribution is 5.70. The molecule has 0 radical (unpaired) electrons. The molecule has 2 saturated heterocycles. The van der Waals surface area contributed by atoms with Crippen LogP contribution in [0.5, 0.6) is 0 Å². The van der Waals surface area contributed by atoms with Gasteiger partial charge < -0.3 is 64.2 Å². The molecule has 2 heterocycles. The third-order valence-electron chi connectivity index (χ3n) is 12.5. The number of unbranched alkanes of at least 4 members (excludes halogenated alkanes) is 24. The normalized spacial score (nSPS) is 26.4. The molecule has 7 N–H and O–H groups in total. The van der Waals surface area contributed by atoms with E-state index in [-0.39, 0.29) is 26.1 Å². The number of carbonyl (C=O) groups is 2. The fourth-order valence-electron chi connectivity index (χ4n) is 8.21. The summed E-state index contributed by atoms with van der Waals surface area (Å²) in [7, 11) is 0. The van der Waals surface area contributed by atoms with E-state index in [1.807, 2.05) is 0 Å². The van der Waals surface area contributed by atoms with Crippen LogP contribution in [0.15, 0.2) is 12.2 Å².